The maximum atomic E-state index is 12.9. The molecule has 3 nitrogen and oxygen atoms in total. The van der Waals surface area contributed by atoms with Gasteiger partial charge in [-0.3, -0.25) is 0 Å². The minimum absolute atomic E-state index is 0.300. The van der Waals surface area contributed by atoms with E-state index < -0.39 is 0 Å². The van der Waals surface area contributed by atoms with Crippen molar-refractivity contribution in [2.45, 2.75) is 6.61 Å². The van der Waals surface area contributed by atoms with Crippen LogP contribution < -0.4 is 4.74 Å². The summed E-state index contributed by atoms with van der Waals surface area (Å²) in [5.41, 5.74) is 0.690. The Morgan fingerprint density at radius 2 is 2.33 bits per heavy atom. The van der Waals surface area contributed by atoms with Gasteiger partial charge in [0, 0.05) is 0 Å². The van der Waals surface area contributed by atoms with E-state index in [1.165, 1.54) is 18.7 Å². The Bertz CT molecular complexity index is 445. The molecule has 2 rings (SSSR count). The Hall–Kier alpha value is -1.36. The predicted molar refractivity (Wildman–Crippen MR) is 54.9 cm³/mol. The van der Waals surface area contributed by atoms with E-state index in [1.54, 1.807) is 12.1 Å². The first-order valence-electron chi connectivity index (χ1n) is 4.20. The monoisotopic (exact) mass is 271 g/mol. The third-order valence-electron chi connectivity index (χ3n) is 1.76. The van der Waals surface area contributed by atoms with Gasteiger partial charge in [0.1, 0.15) is 30.1 Å². The average molecular weight is 272 g/mol. The summed E-state index contributed by atoms with van der Waals surface area (Å²) in [5, 5.41) is 0. The summed E-state index contributed by atoms with van der Waals surface area (Å²) in [6, 6.07) is 4.46. The Labute approximate surface area is 94.0 Å². The molecule has 0 fully saturated rings. The fourth-order valence-corrected chi connectivity index (χ4v) is 1.39. The molecular formula is C10H7BrFNO2. The first-order chi connectivity index (χ1) is 7.25. The first-order valence-corrected chi connectivity index (χ1v) is 5.00. The lowest BCUT2D eigenvalue weighted by atomic mass is 10.3. The van der Waals surface area contributed by atoms with Crippen LogP contribution in [-0.4, -0.2) is 4.98 Å². The van der Waals surface area contributed by atoms with Crippen molar-refractivity contribution in [3.05, 3.63) is 46.8 Å². The van der Waals surface area contributed by atoms with E-state index in [0.29, 0.717) is 22.5 Å². The summed E-state index contributed by atoms with van der Waals surface area (Å²) in [7, 11) is 0. The van der Waals surface area contributed by atoms with Gasteiger partial charge in [0.25, 0.3) is 0 Å². The molecular weight excluding hydrogens is 265 g/mol. The van der Waals surface area contributed by atoms with Crippen LogP contribution in [0.3, 0.4) is 0 Å². The molecule has 5 heteroatoms. The van der Waals surface area contributed by atoms with Crippen molar-refractivity contribution in [3.63, 3.8) is 0 Å². The van der Waals surface area contributed by atoms with Crippen molar-refractivity contribution < 1.29 is 13.5 Å². The van der Waals surface area contributed by atoms with E-state index in [-0.39, 0.29) is 5.82 Å². The first kappa shape index (κ1) is 10.2. The second-order valence-electron chi connectivity index (χ2n) is 2.84. The summed E-state index contributed by atoms with van der Waals surface area (Å²) < 4.78 is 23.4. The number of rotatable bonds is 3. The van der Waals surface area contributed by atoms with Crippen LogP contribution >= 0.6 is 15.9 Å². The molecule has 0 atom stereocenters. The van der Waals surface area contributed by atoms with E-state index in [1.807, 2.05) is 0 Å². The number of hydrogen-bond acceptors (Lipinski definition) is 3. The van der Waals surface area contributed by atoms with Crippen LogP contribution in [0.1, 0.15) is 5.69 Å². The van der Waals surface area contributed by atoms with E-state index >= 15 is 0 Å². The van der Waals surface area contributed by atoms with Crippen molar-refractivity contribution in [1.82, 2.24) is 4.98 Å². The molecule has 1 aromatic carbocycles. The van der Waals surface area contributed by atoms with Crippen molar-refractivity contribution in [2.75, 3.05) is 0 Å². The van der Waals surface area contributed by atoms with Gasteiger partial charge in [-0.25, -0.2) is 9.37 Å². The van der Waals surface area contributed by atoms with Crippen LogP contribution in [0.15, 0.2) is 39.7 Å². The third-order valence-corrected chi connectivity index (χ3v) is 2.37. The van der Waals surface area contributed by atoms with Crippen molar-refractivity contribution >= 4 is 15.9 Å². The van der Waals surface area contributed by atoms with E-state index in [0.717, 1.165) is 0 Å². The summed E-state index contributed by atoms with van der Waals surface area (Å²) in [4.78, 5) is 3.89. The van der Waals surface area contributed by atoms with Gasteiger partial charge in [0.15, 0.2) is 6.39 Å². The highest BCUT2D eigenvalue weighted by atomic mass is 79.9. The Morgan fingerprint density at radius 3 is 3.00 bits per heavy atom. The fraction of sp³-hybridized carbons (Fsp3) is 0.100. The molecule has 0 aliphatic rings. The van der Waals surface area contributed by atoms with Crippen LogP contribution in [0.2, 0.25) is 0 Å². The summed E-state index contributed by atoms with van der Waals surface area (Å²) in [5.74, 6) is 0.259. The van der Waals surface area contributed by atoms with Crippen LogP contribution in [0.4, 0.5) is 4.39 Å². The quantitative estimate of drug-likeness (QED) is 0.860. The number of ether oxygens (including phenoxy) is 1. The molecule has 0 aliphatic heterocycles. The number of oxazole rings is 1. The Kier molecular flexibility index (Phi) is 3.01. The molecule has 15 heavy (non-hydrogen) atoms. The molecule has 0 aliphatic carbocycles. The number of halogens is 2. The molecule has 0 amide bonds. The van der Waals surface area contributed by atoms with E-state index in [2.05, 4.69) is 20.9 Å². The molecule has 1 aromatic heterocycles. The second-order valence-corrected chi connectivity index (χ2v) is 3.70. The van der Waals surface area contributed by atoms with Crippen molar-refractivity contribution in [2.24, 2.45) is 0 Å². The van der Waals surface area contributed by atoms with Crippen LogP contribution in [0, 0.1) is 5.82 Å². The predicted octanol–water partition coefficient (Wildman–Crippen LogP) is 3.16. The molecule has 0 N–H and O–H groups in total. The number of hydrogen-bond donors (Lipinski definition) is 0. The lowest BCUT2D eigenvalue weighted by molar-refractivity contribution is 0.300. The molecule has 0 radical (unpaired) electrons. The normalized spacial score (nSPS) is 10.3. The molecule has 0 saturated heterocycles. The summed E-state index contributed by atoms with van der Waals surface area (Å²) >= 11 is 3.08. The highest BCUT2D eigenvalue weighted by Crippen LogP contribution is 2.22. The topological polar surface area (TPSA) is 35.3 Å². The smallest absolute Gasteiger partial charge is 0.180 e. The van der Waals surface area contributed by atoms with Gasteiger partial charge in [-0.1, -0.05) is 0 Å². The van der Waals surface area contributed by atoms with Gasteiger partial charge in [-0.05, 0) is 34.1 Å². The van der Waals surface area contributed by atoms with Crippen LogP contribution in [0.5, 0.6) is 5.75 Å². The Balaban J connectivity index is 2.02. The summed E-state index contributed by atoms with van der Waals surface area (Å²) in [6.45, 7) is 0.300. The van der Waals surface area contributed by atoms with E-state index in [9.17, 15) is 4.39 Å². The second kappa shape index (κ2) is 4.44. The molecule has 1 heterocycles. The SMILES string of the molecule is Fc1ccc(OCc2cocn2)cc1Br. The number of aromatic nitrogens is 1. The van der Waals surface area contributed by atoms with Gasteiger partial charge in [0.05, 0.1) is 4.47 Å². The van der Waals surface area contributed by atoms with Crippen molar-refractivity contribution in [3.8, 4) is 5.75 Å². The minimum atomic E-state index is -0.316. The zero-order valence-electron chi connectivity index (χ0n) is 7.61. The maximum Gasteiger partial charge on any atom is 0.180 e. The van der Waals surface area contributed by atoms with Gasteiger partial charge < -0.3 is 9.15 Å². The average Bonchev–Trinajstić information content (AvgIpc) is 2.73. The van der Waals surface area contributed by atoms with Gasteiger partial charge in [-0.15, -0.1) is 0 Å². The standard InChI is InChI=1S/C10H7BrFNO2/c11-9-3-8(1-2-10(9)12)15-5-7-4-14-6-13-7/h1-4,6H,5H2. The Morgan fingerprint density at radius 1 is 1.47 bits per heavy atom. The molecule has 2 aromatic rings. The largest absolute Gasteiger partial charge is 0.487 e. The third kappa shape index (κ3) is 2.56. The molecule has 78 valence electrons. The summed E-state index contributed by atoms with van der Waals surface area (Å²) in [6.07, 6.45) is 2.83. The molecule has 0 saturated carbocycles. The van der Waals surface area contributed by atoms with Crippen LogP contribution in [0.25, 0.3) is 0 Å². The molecule has 0 bridgehead atoms. The minimum Gasteiger partial charge on any atom is -0.487 e. The molecule has 0 spiro atoms. The lowest BCUT2D eigenvalue weighted by Crippen LogP contribution is -1.95. The van der Waals surface area contributed by atoms with Crippen molar-refractivity contribution in [1.29, 1.82) is 0 Å². The van der Waals surface area contributed by atoms with Crippen LogP contribution in [-0.2, 0) is 6.61 Å². The maximum absolute atomic E-state index is 12.9. The van der Waals surface area contributed by atoms with Gasteiger partial charge in [-0.2, -0.15) is 0 Å². The van der Waals surface area contributed by atoms with Gasteiger partial charge in [0.2, 0.25) is 0 Å². The molecule has 0 unspecified atom stereocenters. The lowest BCUT2D eigenvalue weighted by Gasteiger charge is -2.04. The van der Waals surface area contributed by atoms with E-state index in [4.69, 9.17) is 9.15 Å². The fourth-order valence-electron chi connectivity index (χ4n) is 1.03. The number of nitrogens with zero attached hydrogens (tertiary/aromatic N) is 1. The number of benzene rings is 1. The zero-order chi connectivity index (χ0) is 10.7. The zero-order valence-corrected chi connectivity index (χ0v) is 9.20. The highest BCUT2D eigenvalue weighted by Gasteiger charge is 2.02. The van der Waals surface area contributed by atoms with Gasteiger partial charge >= 0.3 is 0 Å². The highest BCUT2D eigenvalue weighted by molar-refractivity contribution is 9.10.